The zero-order chi connectivity index (χ0) is 15.6. The Balaban J connectivity index is 2.20. The van der Waals surface area contributed by atoms with Gasteiger partial charge < -0.3 is 10.0 Å². The number of carboxylic acid groups (broad SMARTS) is 1. The number of hydrogen-bond acceptors (Lipinski definition) is 5. The summed E-state index contributed by atoms with van der Waals surface area (Å²) in [5.41, 5.74) is -0.861. The Bertz CT molecular complexity index is 649. The lowest BCUT2D eigenvalue weighted by Gasteiger charge is -2.33. The van der Waals surface area contributed by atoms with Crippen molar-refractivity contribution in [2.75, 3.05) is 18.0 Å². The first-order valence-corrected chi connectivity index (χ1v) is 7.01. The zero-order valence-corrected chi connectivity index (χ0v) is 12.3. The molecular weight excluding hydrogens is 276 g/mol. The summed E-state index contributed by atoms with van der Waals surface area (Å²) in [6.45, 7) is 1.30. The summed E-state index contributed by atoms with van der Waals surface area (Å²) in [4.78, 5) is 36.3. The first-order valence-electron chi connectivity index (χ1n) is 7.01. The average molecular weight is 296 g/mol. The van der Waals surface area contributed by atoms with E-state index in [4.69, 9.17) is 5.11 Å². The summed E-state index contributed by atoms with van der Waals surface area (Å²) in [5.74, 6) is -0.304. The molecule has 116 valence electrons. The monoisotopic (exact) mass is 296 g/mol. The van der Waals surface area contributed by atoms with E-state index < -0.39 is 17.2 Å². The molecule has 21 heavy (non-hydrogen) atoms. The van der Waals surface area contributed by atoms with E-state index in [-0.39, 0.29) is 18.2 Å². The van der Waals surface area contributed by atoms with Gasteiger partial charge in [-0.25, -0.2) is 9.48 Å². The van der Waals surface area contributed by atoms with Crippen LogP contribution in [0.3, 0.4) is 0 Å². The Hall–Kier alpha value is -2.12. The number of hydrogen-bond donors (Lipinski definition) is 1. The van der Waals surface area contributed by atoms with E-state index in [1.54, 1.807) is 0 Å². The van der Waals surface area contributed by atoms with Gasteiger partial charge in [-0.05, 0) is 25.2 Å². The molecule has 1 aromatic heterocycles. The molecule has 1 aromatic rings. The lowest BCUT2D eigenvalue weighted by Crippen LogP contribution is -2.46. The molecule has 0 aromatic carbocycles. The van der Waals surface area contributed by atoms with Crippen LogP contribution in [0.5, 0.6) is 0 Å². The number of aliphatic carboxylic acids is 1. The van der Waals surface area contributed by atoms with Crippen LogP contribution in [0, 0.1) is 5.92 Å². The number of aryl methyl sites for hydroxylation is 1. The van der Waals surface area contributed by atoms with Crippen molar-refractivity contribution in [1.82, 2.24) is 14.3 Å². The van der Waals surface area contributed by atoms with Crippen LogP contribution in [0.4, 0.5) is 5.82 Å². The third-order valence-corrected chi connectivity index (χ3v) is 3.89. The first-order chi connectivity index (χ1) is 9.90. The fraction of sp³-hybridized carbons (Fsp3) is 0.692. The van der Waals surface area contributed by atoms with Crippen LogP contribution in [0.15, 0.2) is 9.59 Å². The maximum atomic E-state index is 12.2. The van der Waals surface area contributed by atoms with Gasteiger partial charge in [-0.3, -0.25) is 14.2 Å². The Morgan fingerprint density at radius 2 is 2.10 bits per heavy atom. The second-order valence-electron chi connectivity index (χ2n) is 5.48. The van der Waals surface area contributed by atoms with E-state index in [1.807, 2.05) is 4.90 Å². The molecule has 0 amide bonds. The fourth-order valence-corrected chi connectivity index (χ4v) is 2.70. The van der Waals surface area contributed by atoms with Crippen LogP contribution in [0.25, 0.3) is 0 Å². The van der Waals surface area contributed by atoms with E-state index in [0.717, 1.165) is 22.1 Å². The van der Waals surface area contributed by atoms with Crippen LogP contribution in [0.1, 0.15) is 25.7 Å². The van der Waals surface area contributed by atoms with Crippen LogP contribution in [-0.4, -0.2) is 38.5 Å². The quantitative estimate of drug-likeness (QED) is 0.809. The highest BCUT2D eigenvalue weighted by Crippen LogP contribution is 2.22. The molecule has 1 N–H and O–H groups in total. The van der Waals surface area contributed by atoms with Crippen LogP contribution < -0.4 is 16.1 Å². The maximum Gasteiger partial charge on any atom is 0.346 e. The van der Waals surface area contributed by atoms with Crippen molar-refractivity contribution in [2.45, 2.75) is 25.7 Å². The van der Waals surface area contributed by atoms with Gasteiger partial charge >= 0.3 is 11.7 Å². The van der Waals surface area contributed by atoms with Crippen molar-refractivity contribution in [3.05, 3.63) is 20.8 Å². The number of piperidine rings is 1. The van der Waals surface area contributed by atoms with Crippen molar-refractivity contribution >= 4 is 11.8 Å². The Morgan fingerprint density at radius 3 is 2.76 bits per heavy atom. The molecule has 1 unspecified atom stereocenters. The van der Waals surface area contributed by atoms with E-state index in [1.165, 1.54) is 14.1 Å². The molecule has 1 atom stereocenters. The predicted octanol–water partition coefficient (Wildman–Crippen LogP) is -0.440. The molecule has 1 fully saturated rings. The molecular formula is C13H20N4O4. The molecule has 0 spiro atoms. The van der Waals surface area contributed by atoms with Crippen molar-refractivity contribution in [3.8, 4) is 0 Å². The van der Waals surface area contributed by atoms with E-state index in [0.29, 0.717) is 19.5 Å². The molecule has 1 aliphatic heterocycles. The van der Waals surface area contributed by atoms with Gasteiger partial charge in [0.05, 0.1) is 0 Å². The standard InChI is InChI=1S/C13H20N4O4/c1-15-12(20)11(14-16(2)13(15)21)17-7-3-4-9(8-17)5-6-10(18)19/h9H,3-8H2,1-2H3,(H,18,19). The second-order valence-corrected chi connectivity index (χ2v) is 5.48. The van der Waals surface area contributed by atoms with Gasteiger partial charge in [-0.1, -0.05) is 0 Å². The van der Waals surface area contributed by atoms with E-state index in [9.17, 15) is 14.4 Å². The molecule has 1 saturated heterocycles. The second kappa shape index (κ2) is 6.11. The van der Waals surface area contributed by atoms with Gasteiger partial charge in [-0.2, -0.15) is 0 Å². The molecule has 0 bridgehead atoms. The Labute approximate surface area is 121 Å². The van der Waals surface area contributed by atoms with Crippen LogP contribution in [0.2, 0.25) is 0 Å². The minimum absolute atomic E-state index is 0.136. The Morgan fingerprint density at radius 1 is 1.38 bits per heavy atom. The average Bonchev–Trinajstić information content (AvgIpc) is 2.47. The summed E-state index contributed by atoms with van der Waals surface area (Å²) in [5, 5.41) is 12.8. The van der Waals surface area contributed by atoms with Crippen LogP contribution in [-0.2, 0) is 18.9 Å². The van der Waals surface area contributed by atoms with Gasteiger partial charge in [0.1, 0.15) is 0 Å². The van der Waals surface area contributed by atoms with Gasteiger partial charge in [0.15, 0.2) is 0 Å². The molecule has 8 heteroatoms. The van der Waals surface area contributed by atoms with Gasteiger partial charge in [-0.15, -0.1) is 5.10 Å². The highest BCUT2D eigenvalue weighted by atomic mass is 16.4. The Kier molecular flexibility index (Phi) is 4.44. The third-order valence-electron chi connectivity index (χ3n) is 3.89. The normalized spacial score (nSPS) is 18.8. The number of nitrogens with zero attached hydrogens (tertiary/aromatic N) is 4. The smallest absolute Gasteiger partial charge is 0.346 e. The SMILES string of the molecule is Cn1nc(N2CCCC(CCC(=O)O)C2)c(=O)n(C)c1=O. The fourth-order valence-electron chi connectivity index (χ4n) is 2.70. The van der Waals surface area contributed by atoms with Crippen LogP contribution >= 0.6 is 0 Å². The molecule has 2 heterocycles. The number of anilines is 1. The minimum Gasteiger partial charge on any atom is -0.481 e. The lowest BCUT2D eigenvalue weighted by atomic mass is 9.93. The summed E-state index contributed by atoms with van der Waals surface area (Å²) in [7, 11) is 2.94. The van der Waals surface area contributed by atoms with Crippen molar-refractivity contribution < 1.29 is 9.90 Å². The van der Waals surface area contributed by atoms with Crippen molar-refractivity contribution in [1.29, 1.82) is 0 Å². The van der Waals surface area contributed by atoms with Gasteiger partial charge in [0.2, 0.25) is 5.82 Å². The minimum atomic E-state index is -0.803. The summed E-state index contributed by atoms with van der Waals surface area (Å²) in [6.07, 6.45) is 2.57. The molecule has 1 aliphatic rings. The number of carboxylic acids is 1. The lowest BCUT2D eigenvalue weighted by molar-refractivity contribution is -0.137. The van der Waals surface area contributed by atoms with Crippen molar-refractivity contribution in [2.24, 2.45) is 20.0 Å². The van der Waals surface area contributed by atoms with Gasteiger partial charge in [0, 0.05) is 33.6 Å². The van der Waals surface area contributed by atoms with E-state index >= 15 is 0 Å². The molecule has 0 aliphatic carbocycles. The predicted molar refractivity (Wildman–Crippen MR) is 76.5 cm³/mol. The topological polar surface area (TPSA) is 97.4 Å². The summed E-state index contributed by atoms with van der Waals surface area (Å²) >= 11 is 0. The number of carbonyl (C=O) groups is 1. The highest BCUT2D eigenvalue weighted by molar-refractivity contribution is 5.66. The summed E-state index contributed by atoms with van der Waals surface area (Å²) < 4.78 is 2.20. The molecule has 0 radical (unpaired) electrons. The molecule has 0 saturated carbocycles. The number of aromatic nitrogens is 3. The number of rotatable bonds is 4. The summed E-state index contributed by atoms with van der Waals surface area (Å²) in [6, 6.07) is 0. The van der Waals surface area contributed by atoms with Crippen molar-refractivity contribution in [3.63, 3.8) is 0 Å². The third kappa shape index (κ3) is 3.32. The zero-order valence-electron chi connectivity index (χ0n) is 12.3. The molecule has 8 nitrogen and oxygen atoms in total. The van der Waals surface area contributed by atoms with E-state index in [2.05, 4.69) is 5.10 Å². The van der Waals surface area contributed by atoms with Gasteiger partial charge in [0.25, 0.3) is 5.56 Å². The first kappa shape index (κ1) is 15.3. The largest absolute Gasteiger partial charge is 0.481 e. The molecule has 2 rings (SSSR count). The maximum absolute atomic E-state index is 12.2. The highest BCUT2D eigenvalue weighted by Gasteiger charge is 2.24.